The third kappa shape index (κ3) is 3.70. The van der Waals surface area contributed by atoms with Gasteiger partial charge in [0.25, 0.3) is 5.69 Å². The number of piperidine rings is 1. The molecule has 0 radical (unpaired) electrons. The molecule has 1 N–H and O–H groups in total. The van der Waals surface area contributed by atoms with E-state index in [0.29, 0.717) is 13.1 Å². The summed E-state index contributed by atoms with van der Waals surface area (Å²) in [5.41, 5.74) is -0.376. The molecule has 1 atom stereocenters. The Hall–Kier alpha value is -1.22. The van der Waals surface area contributed by atoms with Gasteiger partial charge in [0.1, 0.15) is 0 Å². The molecule has 0 aliphatic carbocycles. The van der Waals surface area contributed by atoms with Crippen LogP contribution in [-0.4, -0.2) is 43.8 Å². The number of nitro groups is 1. The van der Waals surface area contributed by atoms with Crippen LogP contribution in [0.5, 0.6) is 0 Å². The quantitative estimate of drug-likeness (QED) is 0.663. The Bertz CT molecular complexity index is 608. The van der Waals surface area contributed by atoms with Crippen LogP contribution in [-0.2, 0) is 10.0 Å². The number of sulfonamides is 1. The van der Waals surface area contributed by atoms with Crippen molar-refractivity contribution in [3.63, 3.8) is 0 Å². The van der Waals surface area contributed by atoms with Crippen LogP contribution in [0.1, 0.15) is 12.8 Å². The van der Waals surface area contributed by atoms with Gasteiger partial charge >= 0.3 is 0 Å². The minimum atomic E-state index is -3.83. The first kappa shape index (κ1) is 17.8. The summed E-state index contributed by atoms with van der Waals surface area (Å²) in [5, 5.41) is 14.0. The number of nitrogens with one attached hydrogen (secondary N) is 1. The second kappa shape index (κ2) is 7.17. The predicted molar refractivity (Wildman–Crippen MR) is 81.2 cm³/mol. The van der Waals surface area contributed by atoms with Crippen LogP contribution in [0.15, 0.2) is 29.2 Å². The van der Waals surface area contributed by atoms with Crippen LogP contribution in [0.3, 0.4) is 0 Å². The lowest BCUT2D eigenvalue weighted by molar-refractivity contribution is -0.387. The Balaban J connectivity index is 0.00000220. The fourth-order valence-corrected chi connectivity index (χ4v) is 4.04. The highest BCUT2D eigenvalue weighted by Crippen LogP contribution is 2.28. The molecule has 0 spiro atoms. The number of halogens is 1. The first-order chi connectivity index (χ1) is 9.46. The highest BCUT2D eigenvalue weighted by Gasteiger charge is 2.34. The van der Waals surface area contributed by atoms with Crippen LogP contribution in [0, 0.1) is 10.1 Å². The van der Waals surface area contributed by atoms with Crippen molar-refractivity contribution in [2.45, 2.75) is 23.8 Å². The fraction of sp³-hybridized carbons (Fsp3) is 0.500. The van der Waals surface area contributed by atoms with Gasteiger partial charge in [0.05, 0.1) is 4.92 Å². The molecule has 1 aliphatic heterocycles. The molecule has 0 amide bonds. The molecule has 21 heavy (non-hydrogen) atoms. The third-order valence-corrected chi connectivity index (χ3v) is 5.38. The van der Waals surface area contributed by atoms with Gasteiger partial charge in [-0.2, -0.15) is 4.31 Å². The number of likely N-dealkylation sites (N-methyl/N-ethyl adjacent to an activating group) is 1. The molecule has 1 aliphatic rings. The van der Waals surface area contributed by atoms with Crippen molar-refractivity contribution in [3.05, 3.63) is 34.4 Å². The van der Waals surface area contributed by atoms with Crippen LogP contribution >= 0.6 is 12.4 Å². The van der Waals surface area contributed by atoms with E-state index in [4.69, 9.17) is 0 Å². The zero-order valence-electron chi connectivity index (χ0n) is 11.6. The highest BCUT2D eigenvalue weighted by molar-refractivity contribution is 7.89. The lowest BCUT2D eigenvalue weighted by atomic mass is 10.1. The summed E-state index contributed by atoms with van der Waals surface area (Å²) in [7, 11) is -2.05. The van der Waals surface area contributed by atoms with Crippen molar-refractivity contribution in [1.82, 2.24) is 9.62 Å². The first-order valence-corrected chi connectivity index (χ1v) is 7.81. The monoisotopic (exact) mass is 335 g/mol. The first-order valence-electron chi connectivity index (χ1n) is 6.37. The molecule has 1 fully saturated rings. The highest BCUT2D eigenvalue weighted by atomic mass is 35.5. The number of benzene rings is 1. The van der Waals surface area contributed by atoms with Gasteiger partial charge in [-0.25, -0.2) is 8.42 Å². The molecule has 7 nitrogen and oxygen atoms in total. The number of hydrogen-bond acceptors (Lipinski definition) is 5. The van der Waals surface area contributed by atoms with E-state index in [2.05, 4.69) is 5.32 Å². The second-order valence-corrected chi connectivity index (χ2v) is 6.62. The average Bonchev–Trinajstić information content (AvgIpc) is 2.47. The van der Waals surface area contributed by atoms with Gasteiger partial charge in [-0.1, -0.05) is 12.1 Å². The van der Waals surface area contributed by atoms with Crippen LogP contribution in [0.2, 0.25) is 0 Å². The van der Waals surface area contributed by atoms with Crippen molar-refractivity contribution in [1.29, 1.82) is 0 Å². The maximum absolute atomic E-state index is 12.6. The molecular weight excluding hydrogens is 318 g/mol. The molecule has 1 aromatic carbocycles. The number of rotatable bonds is 4. The second-order valence-electron chi connectivity index (χ2n) is 4.72. The van der Waals surface area contributed by atoms with E-state index in [1.807, 2.05) is 0 Å². The topological polar surface area (TPSA) is 92.6 Å². The van der Waals surface area contributed by atoms with Gasteiger partial charge in [0.2, 0.25) is 10.0 Å². The smallest absolute Gasteiger partial charge is 0.289 e. The summed E-state index contributed by atoms with van der Waals surface area (Å²) in [6.07, 6.45) is 1.64. The SMILES string of the molecule is CNC1CCCN(S(=O)(=O)c2ccccc2[N+](=O)[O-])C1.Cl. The standard InChI is InChI=1S/C12H17N3O4S.ClH/c1-13-10-5-4-8-14(9-10)20(18,19)12-7-3-2-6-11(12)15(16)17;/h2-3,6-7,10,13H,4-5,8-9H2,1H3;1H. The van der Waals surface area contributed by atoms with Gasteiger partial charge in [0, 0.05) is 25.2 Å². The van der Waals surface area contributed by atoms with E-state index < -0.39 is 14.9 Å². The summed E-state index contributed by atoms with van der Waals surface area (Å²) in [4.78, 5) is 10.1. The van der Waals surface area contributed by atoms with Gasteiger partial charge in [0.15, 0.2) is 4.90 Å². The largest absolute Gasteiger partial charge is 0.316 e. The van der Waals surface area contributed by atoms with Crippen molar-refractivity contribution in [2.75, 3.05) is 20.1 Å². The van der Waals surface area contributed by atoms with Gasteiger partial charge in [-0.3, -0.25) is 10.1 Å². The van der Waals surface area contributed by atoms with Crippen molar-refractivity contribution >= 4 is 28.1 Å². The van der Waals surface area contributed by atoms with E-state index >= 15 is 0 Å². The molecule has 1 saturated heterocycles. The van der Waals surface area contributed by atoms with Crippen LogP contribution in [0.4, 0.5) is 5.69 Å². The normalized spacial score (nSPS) is 19.8. The van der Waals surface area contributed by atoms with E-state index in [1.165, 1.54) is 28.6 Å². The predicted octanol–water partition coefficient (Wildman–Crippen LogP) is 1.39. The zero-order chi connectivity index (χ0) is 14.8. The minimum absolute atomic E-state index is 0. The molecule has 1 heterocycles. The minimum Gasteiger partial charge on any atom is -0.316 e. The van der Waals surface area contributed by atoms with Gasteiger partial charge in [-0.05, 0) is 26.0 Å². The van der Waals surface area contributed by atoms with E-state index in [0.717, 1.165) is 12.8 Å². The molecule has 0 saturated carbocycles. The maximum Gasteiger partial charge on any atom is 0.289 e. The van der Waals surface area contributed by atoms with Gasteiger partial charge in [-0.15, -0.1) is 12.4 Å². The Labute approximate surface area is 129 Å². The summed E-state index contributed by atoms with van der Waals surface area (Å²) < 4.78 is 26.5. The molecule has 9 heteroatoms. The van der Waals surface area contributed by atoms with Crippen LogP contribution in [0.25, 0.3) is 0 Å². The van der Waals surface area contributed by atoms with Crippen LogP contribution < -0.4 is 5.32 Å². The number of hydrogen-bond donors (Lipinski definition) is 1. The van der Waals surface area contributed by atoms with E-state index in [-0.39, 0.29) is 29.0 Å². The Morgan fingerprint density at radius 2 is 2.05 bits per heavy atom. The summed E-state index contributed by atoms with van der Waals surface area (Å²) in [6.45, 7) is 0.734. The molecule has 1 unspecified atom stereocenters. The summed E-state index contributed by atoms with van der Waals surface area (Å²) in [5.74, 6) is 0. The van der Waals surface area contributed by atoms with Crippen molar-refractivity contribution in [2.24, 2.45) is 0 Å². The summed E-state index contributed by atoms with van der Waals surface area (Å²) >= 11 is 0. The van der Waals surface area contributed by atoms with Crippen molar-refractivity contribution in [3.8, 4) is 0 Å². The fourth-order valence-electron chi connectivity index (χ4n) is 2.36. The average molecular weight is 336 g/mol. The lowest BCUT2D eigenvalue weighted by Gasteiger charge is -2.31. The molecule has 118 valence electrons. The zero-order valence-corrected chi connectivity index (χ0v) is 13.2. The molecule has 0 aromatic heterocycles. The van der Waals surface area contributed by atoms with E-state index in [1.54, 1.807) is 7.05 Å². The Kier molecular flexibility index (Phi) is 6.09. The maximum atomic E-state index is 12.6. The van der Waals surface area contributed by atoms with Gasteiger partial charge < -0.3 is 5.32 Å². The number of nitrogens with zero attached hydrogens (tertiary/aromatic N) is 2. The lowest BCUT2D eigenvalue weighted by Crippen LogP contribution is -2.46. The van der Waals surface area contributed by atoms with E-state index in [9.17, 15) is 18.5 Å². The number of para-hydroxylation sites is 1. The molecule has 2 rings (SSSR count). The van der Waals surface area contributed by atoms with Crippen molar-refractivity contribution < 1.29 is 13.3 Å². The summed E-state index contributed by atoms with van der Waals surface area (Å²) in [6, 6.07) is 5.55. The molecule has 1 aromatic rings. The Morgan fingerprint density at radius 1 is 1.38 bits per heavy atom. The molecule has 0 bridgehead atoms. The number of nitro benzene ring substituents is 1. The third-order valence-electron chi connectivity index (χ3n) is 3.47. The Morgan fingerprint density at radius 3 is 2.67 bits per heavy atom. The molecular formula is C12H18ClN3O4S.